The molecule has 0 aromatic carbocycles. The van der Waals surface area contributed by atoms with Crippen molar-refractivity contribution in [2.45, 2.75) is 12.8 Å². The fourth-order valence-electron chi connectivity index (χ4n) is 2.04. The Bertz CT molecular complexity index is 378. The number of aliphatic carboxylic acids is 1. The third-order valence-corrected chi connectivity index (χ3v) is 3.42. The molecule has 1 fully saturated rings. The minimum absolute atomic E-state index is 0.0196. The van der Waals surface area contributed by atoms with E-state index >= 15 is 0 Å². The summed E-state index contributed by atoms with van der Waals surface area (Å²) in [4.78, 5) is 39.0. The number of nitrogens with one attached hydrogen (secondary N) is 1. The first kappa shape index (κ1) is 17.2. The Labute approximate surface area is 124 Å². The second kappa shape index (κ2) is 8.46. The lowest BCUT2D eigenvalue weighted by molar-refractivity contribution is -0.137. The molecule has 120 valence electrons. The van der Waals surface area contributed by atoms with Gasteiger partial charge in [0.2, 0.25) is 5.91 Å². The van der Waals surface area contributed by atoms with Crippen LogP contribution in [-0.2, 0) is 9.59 Å². The maximum absolute atomic E-state index is 11.9. The van der Waals surface area contributed by atoms with E-state index < -0.39 is 5.97 Å². The average molecular weight is 300 g/mol. The molecule has 1 heterocycles. The smallest absolute Gasteiger partial charge is 0.317 e. The van der Waals surface area contributed by atoms with Gasteiger partial charge in [-0.05, 0) is 0 Å². The molecule has 0 atom stereocenters. The van der Waals surface area contributed by atoms with Gasteiger partial charge in [-0.3, -0.25) is 14.5 Å². The van der Waals surface area contributed by atoms with E-state index in [0.29, 0.717) is 39.3 Å². The molecular weight excluding hydrogens is 276 g/mol. The highest BCUT2D eigenvalue weighted by Gasteiger charge is 2.21. The molecule has 1 rings (SSSR count). The summed E-state index contributed by atoms with van der Waals surface area (Å²) in [6, 6.07) is -0.167. The maximum Gasteiger partial charge on any atom is 0.317 e. The van der Waals surface area contributed by atoms with Crippen LogP contribution in [0, 0.1) is 0 Å². The van der Waals surface area contributed by atoms with Crippen LogP contribution in [0.5, 0.6) is 0 Å². The summed E-state index contributed by atoms with van der Waals surface area (Å²) in [5.74, 6) is -0.825. The number of nitrogens with zero attached hydrogens (tertiary/aromatic N) is 3. The fraction of sp³-hybridized carbons (Fsp3) is 0.769. The summed E-state index contributed by atoms with van der Waals surface area (Å²) >= 11 is 0. The Morgan fingerprint density at radius 2 is 1.71 bits per heavy atom. The molecule has 0 unspecified atom stereocenters. The topological polar surface area (TPSA) is 93.2 Å². The van der Waals surface area contributed by atoms with Crippen molar-refractivity contribution in [1.82, 2.24) is 20.0 Å². The number of carboxylic acids is 1. The summed E-state index contributed by atoms with van der Waals surface area (Å²) < 4.78 is 0. The molecule has 2 N–H and O–H groups in total. The number of urea groups is 1. The van der Waals surface area contributed by atoms with Crippen molar-refractivity contribution in [1.29, 1.82) is 0 Å². The van der Waals surface area contributed by atoms with E-state index in [4.69, 9.17) is 5.11 Å². The van der Waals surface area contributed by atoms with Crippen LogP contribution in [0.15, 0.2) is 0 Å². The molecule has 0 radical (unpaired) electrons. The van der Waals surface area contributed by atoms with Gasteiger partial charge in [0.25, 0.3) is 0 Å². The molecule has 3 amide bonds. The van der Waals surface area contributed by atoms with Crippen LogP contribution in [-0.4, -0.2) is 91.1 Å². The van der Waals surface area contributed by atoms with Gasteiger partial charge in [0.1, 0.15) is 0 Å². The summed E-state index contributed by atoms with van der Waals surface area (Å²) in [5, 5.41) is 11.4. The van der Waals surface area contributed by atoms with E-state index in [9.17, 15) is 14.4 Å². The average Bonchev–Trinajstić information content (AvgIpc) is 2.45. The predicted molar refractivity (Wildman–Crippen MR) is 77.0 cm³/mol. The normalized spacial score (nSPS) is 15.6. The molecule has 0 spiro atoms. The van der Waals surface area contributed by atoms with Crippen LogP contribution in [0.2, 0.25) is 0 Å². The predicted octanol–water partition coefficient (Wildman–Crippen LogP) is -0.733. The Morgan fingerprint density at radius 1 is 1.10 bits per heavy atom. The monoisotopic (exact) mass is 300 g/mol. The molecule has 0 aromatic rings. The van der Waals surface area contributed by atoms with Gasteiger partial charge in [-0.2, -0.15) is 0 Å². The van der Waals surface area contributed by atoms with Crippen molar-refractivity contribution >= 4 is 17.9 Å². The van der Waals surface area contributed by atoms with Crippen LogP contribution < -0.4 is 5.32 Å². The quantitative estimate of drug-likeness (QED) is 0.674. The van der Waals surface area contributed by atoms with Gasteiger partial charge < -0.3 is 20.2 Å². The largest absolute Gasteiger partial charge is 0.481 e. The first-order chi connectivity index (χ1) is 9.90. The summed E-state index contributed by atoms with van der Waals surface area (Å²) in [6.07, 6.45) is 0.413. The Kier molecular flexibility index (Phi) is 6.93. The van der Waals surface area contributed by atoms with E-state index in [1.54, 1.807) is 19.0 Å². The minimum Gasteiger partial charge on any atom is -0.481 e. The molecule has 21 heavy (non-hydrogen) atoms. The van der Waals surface area contributed by atoms with E-state index in [1.807, 2.05) is 4.90 Å². The number of carbonyl (C=O) groups excluding carboxylic acids is 2. The van der Waals surface area contributed by atoms with Crippen LogP contribution in [0.25, 0.3) is 0 Å². The zero-order valence-electron chi connectivity index (χ0n) is 12.7. The van der Waals surface area contributed by atoms with E-state index in [2.05, 4.69) is 5.32 Å². The van der Waals surface area contributed by atoms with Crippen molar-refractivity contribution in [3.8, 4) is 0 Å². The van der Waals surface area contributed by atoms with Crippen molar-refractivity contribution in [2.75, 3.05) is 53.4 Å². The third-order valence-electron chi connectivity index (χ3n) is 3.42. The van der Waals surface area contributed by atoms with Gasteiger partial charge in [-0.1, -0.05) is 0 Å². The van der Waals surface area contributed by atoms with Gasteiger partial charge >= 0.3 is 12.0 Å². The van der Waals surface area contributed by atoms with Gasteiger partial charge in [0.15, 0.2) is 0 Å². The summed E-state index contributed by atoms with van der Waals surface area (Å²) in [7, 11) is 3.36. The fourth-order valence-corrected chi connectivity index (χ4v) is 2.04. The van der Waals surface area contributed by atoms with Gasteiger partial charge in [-0.25, -0.2) is 4.79 Å². The van der Waals surface area contributed by atoms with E-state index in [-0.39, 0.29) is 24.8 Å². The highest BCUT2D eigenvalue weighted by Crippen LogP contribution is 2.03. The molecule has 1 aliphatic rings. The standard InChI is InChI=1S/C13H24N4O4/c1-15(2)11(18)3-5-14-13(21)17-9-7-16(8-10-17)6-4-12(19)20/h3-10H2,1-2H3,(H,14,21)(H,19,20). The van der Waals surface area contributed by atoms with Crippen LogP contribution in [0.1, 0.15) is 12.8 Å². The van der Waals surface area contributed by atoms with Gasteiger partial charge in [0.05, 0.1) is 6.42 Å². The van der Waals surface area contributed by atoms with E-state index in [1.165, 1.54) is 4.90 Å². The molecule has 8 nitrogen and oxygen atoms in total. The number of rotatable bonds is 6. The first-order valence-corrected chi connectivity index (χ1v) is 7.07. The molecule has 0 aliphatic carbocycles. The number of piperazine rings is 1. The van der Waals surface area contributed by atoms with Crippen LogP contribution in [0.4, 0.5) is 4.79 Å². The number of carboxylic acid groups (broad SMARTS) is 1. The Hall–Kier alpha value is -1.83. The molecule has 0 saturated carbocycles. The zero-order valence-corrected chi connectivity index (χ0v) is 12.7. The van der Waals surface area contributed by atoms with Crippen molar-refractivity contribution in [2.24, 2.45) is 0 Å². The lowest BCUT2D eigenvalue weighted by atomic mass is 10.3. The Morgan fingerprint density at radius 3 is 2.24 bits per heavy atom. The van der Waals surface area contributed by atoms with Gasteiger partial charge in [0, 0.05) is 59.8 Å². The molecule has 1 aliphatic heterocycles. The Balaban J connectivity index is 2.19. The third kappa shape index (κ3) is 6.44. The maximum atomic E-state index is 11.9. The highest BCUT2D eigenvalue weighted by atomic mass is 16.4. The second-order valence-corrected chi connectivity index (χ2v) is 5.24. The molecular formula is C13H24N4O4. The molecule has 0 aromatic heterocycles. The first-order valence-electron chi connectivity index (χ1n) is 7.07. The van der Waals surface area contributed by atoms with Crippen molar-refractivity contribution < 1.29 is 19.5 Å². The summed E-state index contributed by atoms with van der Waals surface area (Å²) in [5.41, 5.74) is 0. The molecule has 8 heteroatoms. The second-order valence-electron chi connectivity index (χ2n) is 5.24. The molecule has 1 saturated heterocycles. The number of hydrogen-bond donors (Lipinski definition) is 2. The lowest BCUT2D eigenvalue weighted by Gasteiger charge is -2.34. The van der Waals surface area contributed by atoms with Crippen molar-refractivity contribution in [3.05, 3.63) is 0 Å². The SMILES string of the molecule is CN(C)C(=O)CCNC(=O)N1CCN(CCC(=O)O)CC1. The lowest BCUT2D eigenvalue weighted by Crippen LogP contribution is -2.52. The zero-order chi connectivity index (χ0) is 15.8. The summed E-state index contributed by atoms with van der Waals surface area (Å²) in [6.45, 7) is 3.35. The number of carbonyl (C=O) groups is 3. The van der Waals surface area contributed by atoms with Gasteiger partial charge in [-0.15, -0.1) is 0 Å². The van der Waals surface area contributed by atoms with Crippen molar-refractivity contribution in [3.63, 3.8) is 0 Å². The number of hydrogen-bond acceptors (Lipinski definition) is 4. The van der Waals surface area contributed by atoms with E-state index in [0.717, 1.165) is 0 Å². The number of amides is 3. The van der Waals surface area contributed by atoms with Crippen LogP contribution in [0.3, 0.4) is 0 Å². The van der Waals surface area contributed by atoms with Crippen LogP contribution >= 0.6 is 0 Å². The minimum atomic E-state index is -0.805. The highest BCUT2D eigenvalue weighted by molar-refractivity contribution is 5.78. The molecule has 0 bridgehead atoms.